The lowest BCUT2D eigenvalue weighted by molar-refractivity contribution is 0.410. The molecule has 2 aromatic rings. The molecule has 0 heterocycles. The maximum atomic E-state index is 9.18. The summed E-state index contributed by atoms with van der Waals surface area (Å²) in [6.45, 7) is 0.480. The van der Waals surface area contributed by atoms with Crippen LogP contribution in [0.5, 0.6) is 5.75 Å². The van der Waals surface area contributed by atoms with Crippen molar-refractivity contribution in [2.75, 3.05) is 12.4 Å². The first-order valence-corrected chi connectivity index (χ1v) is 7.08. The van der Waals surface area contributed by atoms with Gasteiger partial charge in [0.05, 0.1) is 18.4 Å². The van der Waals surface area contributed by atoms with E-state index in [9.17, 15) is 5.26 Å². The number of halogens is 2. The molecule has 0 radical (unpaired) electrons. The number of nitriles is 1. The highest BCUT2D eigenvalue weighted by molar-refractivity contribution is 9.10. The van der Waals surface area contributed by atoms with E-state index in [4.69, 9.17) is 16.3 Å². The SMILES string of the molecule is COc1cccc(Cl)c1CNc1cccc(Br)c1C#N. The molecule has 0 atom stereocenters. The van der Waals surface area contributed by atoms with Crippen molar-refractivity contribution in [3.63, 3.8) is 0 Å². The zero-order valence-corrected chi connectivity index (χ0v) is 13.1. The molecule has 5 heteroatoms. The molecular weight excluding hydrogens is 340 g/mol. The fourth-order valence-electron chi connectivity index (χ4n) is 1.87. The molecule has 0 aliphatic rings. The molecule has 0 fully saturated rings. The van der Waals surface area contributed by atoms with Crippen LogP contribution in [0.1, 0.15) is 11.1 Å². The zero-order chi connectivity index (χ0) is 14.5. The number of ether oxygens (including phenoxy) is 1. The summed E-state index contributed by atoms with van der Waals surface area (Å²) in [7, 11) is 1.61. The number of benzene rings is 2. The van der Waals surface area contributed by atoms with Crippen LogP contribution in [0.3, 0.4) is 0 Å². The molecule has 0 bridgehead atoms. The molecule has 0 saturated heterocycles. The second kappa shape index (κ2) is 6.65. The highest BCUT2D eigenvalue weighted by Crippen LogP contribution is 2.29. The lowest BCUT2D eigenvalue weighted by Gasteiger charge is -2.13. The summed E-state index contributed by atoms with van der Waals surface area (Å²) in [5.41, 5.74) is 2.18. The van der Waals surface area contributed by atoms with E-state index in [-0.39, 0.29) is 0 Å². The molecule has 3 nitrogen and oxygen atoms in total. The summed E-state index contributed by atoms with van der Waals surface area (Å²) in [6, 6.07) is 13.2. The van der Waals surface area contributed by atoms with E-state index in [1.165, 1.54) is 0 Å². The normalized spacial score (nSPS) is 9.90. The van der Waals surface area contributed by atoms with Crippen molar-refractivity contribution in [2.24, 2.45) is 0 Å². The Labute approximate surface area is 131 Å². The number of nitrogens with one attached hydrogen (secondary N) is 1. The highest BCUT2D eigenvalue weighted by atomic mass is 79.9. The minimum atomic E-state index is 0.480. The number of methoxy groups -OCH3 is 1. The summed E-state index contributed by atoms with van der Waals surface area (Å²) in [6.07, 6.45) is 0. The van der Waals surface area contributed by atoms with Crippen LogP contribution in [0.15, 0.2) is 40.9 Å². The molecule has 0 aromatic heterocycles. The molecule has 20 heavy (non-hydrogen) atoms. The van der Waals surface area contributed by atoms with Crippen LogP contribution in [0.4, 0.5) is 5.69 Å². The first kappa shape index (κ1) is 14.7. The molecule has 0 saturated carbocycles. The Balaban J connectivity index is 2.26. The van der Waals surface area contributed by atoms with Gasteiger partial charge in [-0.15, -0.1) is 0 Å². The summed E-state index contributed by atoms with van der Waals surface area (Å²) < 4.78 is 6.06. The van der Waals surface area contributed by atoms with E-state index in [1.807, 2.05) is 36.4 Å². The molecule has 0 aliphatic heterocycles. The van der Waals surface area contributed by atoms with Crippen LogP contribution in [-0.2, 0) is 6.54 Å². The molecule has 1 N–H and O–H groups in total. The van der Waals surface area contributed by atoms with Crippen LogP contribution in [-0.4, -0.2) is 7.11 Å². The van der Waals surface area contributed by atoms with Gasteiger partial charge in [-0.2, -0.15) is 5.26 Å². The van der Waals surface area contributed by atoms with Crippen LogP contribution >= 0.6 is 27.5 Å². The van der Waals surface area contributed by atoms with E-state index in [0.717, 1.165) is 21.5 Å². The first-order valence-electron chi connectivity index (χ1n) is 5.91. The topological polar surface area (TPSA) is 45.0 Å². The van der Waals surface area contributed by atoms with Gasteiger partial charge in [0.2, 0.25) is 0 Å². The maximum absolute atomic E-state index is 9.18. The van der Waals surface area contributed by atoms with Crippen molar-refractivity contribution in [1.29, 1.82) is 5.26 Å². The summed E-state index contributed by atoms with van der Waals surface area (Å²) in [5.74, 6) is 0.721. The van der Waals surface area contributed by atoms with Gasteiger partial charge < -0.3 is 10.1 Å². The smallest absolute Gasteiger partial charge is 0.125 e. The lowest BCUT2D eigenvalue weighted by atomic mass is 10.1. The molecule has 0 spiro atoms. The van der Waals surface area contributed by atoms with E-state index in [0.29, 0.717) is 17.1 Å². The number of hydrogen-bond donors (Lipinski definition) is 1. The second-order valence-electron chi connectivity index (χ2n) is 4.05. The average molecular weight is 352 g/mol. The fraction of sp³-hybridized carbons (Fsp3) is 0.133. The van der Waals surface area contributed by atoms with E-state index < -0.39 is 0 Å². The van der Waals surface area contributed by atoms with Crippen LogP contribution < -0.4 is 10.1 Å². The largest absolute Gasteiger partial charge is 0.496 e. The number of hydrogen-bond acceptors (Lipinski definition) is 3. The quantitative estimate of drug-likeness (QED) is 0.876. The van der Waals surface area contributed by atoms with Crippen LogP contribution in [0.25, 0.3) is 0 Å². The Morgan fingerprint density at radius 1 is 1.30 bits per heavy atom. The molecule has 0 unspecified atom stereocenters. The molecule has 2 rings (SSSR count). The molecule has 0 aliphatic carbocycles. The standard InChI is InChI=1S/C15H12BrClN2O/c1-20-15-7-3-5-13(17)11(15)9-19-14-6-2-4-12(16)10(14)8-18/h2-7,19H,9H2,1H3. The Morgan fingerprint density at radius 3 is 2.75 bits per heavy atom. The zero-order valence-electron chi connectivity index (χ0n) is 10.8. The number of nitrogens with zero attached hydrogens (tertiary/aromatic N) is 1. The average Bonchev–Trinajstić information content (AvgIpc) is 2.45. The van der Waals surface area contributed by atoms with Crippen LogP contribution in [0.2, 0.25) is 5.02 Å². The van der Waals surface area contributed by atoms with Gasteiger partial charge in [0.1, 0.15) is 11.8 Å². The fourth-order valence-corrected chi connectivity index (χ4v) is 2.56. The molecule has 102 valence electrons. The summed E-state index contributed by atoms with van der Waals surface area (Å²) in [5, 5.41) is 13.0. The Morgan fingerprint density at radius 2 is 2.05 bits per heavy atom. The summed E-state index contributed by atoms with van der Waals surface area (Å²) in [4.78, 5) is 0. The van der Waals surface area contributed by atoms with E-state index in [2.05, 4.69) is 27.3 Å². The van der Waals surface area contributed by atoms with Crippen molar-refractivity contribution in [3.05, 3.63) is 57.0 Å². The third-order valence-corrected chi connectivity index (χ3v) is 3.89. The van der Waals surface area contributed by atoms with E-state index >= 15 is 0 Å². The molecule has 0 amide bonds. The first-order chi connectivity index (χ1) is 9.67. The Hall–Kier alpha value is -1.70. The minimum absolute atomic E-state index is 0.480. The van der Waals surface area contributed by atoms with Gasteiger partial charge in [0, 0.05) is 21.6 Å². The van der Waals surface area contributed by atoms with Crippen molar-refractivity contribution >= 4 is 33.2 Å². The Bertz CT molecular complexity index is 667. The van der Waals surface area contributed by atoms with Gasteiger partial charge in [-0.1, -0.05) is 23.7 Å². The maximum Gasteiger partial charge on any atom is 0.125 e. The lowest BCUT2D eigenvalue weighted by Crippen LogP contribution is -2.04. The van der Waals surface area contributed by atoms with Crippen LogP contribution in [0, 0.1) is 11.3 Å². The predicted octanol–water partition coefficient (Wildman–Crippen LogP) is 4.59. The van der Waals surface area contributed by atoms with Crippen molar-refractivity contribution < 1.29 is 4.74 Å². The van der Waals surface area contributed by atoms with Crippen molar-refractivity contribution in [1.82, 2.24) is 0 Å². The van der Waals surface area contributed by atoms with Gasteiger partial charge in [0.25, 0.3) is 0 Å². The molecule has 2 aromatic carbocycles. The van der Waals surface area contributed by atoms with Gasteiger partial charge in [-0.3, -0.25) is 0 Å². The Kier molecular flexibility index (Phi) is 4.89. The minimum Gasteiger partial charge on any atom is -0.496 e. The summed E-state index contributed by atoms with van der Waals surface area (Å²) >= 11 is 9.55. The van der Waals surface area contributed by atoms with Gasteiger partial charge in [-0.25, -0.2) is 0 Å². The molecular formula is C15H12BrClN2O. The van der Waals surface area contributed by atoms with E-state index in [1.54, 1.807) is 7.11 Å². The highest BCUT2D eigenvalue weighted by Gasteiger charge is 2.10. The second-order valence-corrected chi connectivity index (χ2v) is 5.31. The predicted molar refractivity (Wildman–Crippen MR) is 84.2 cm³/mol. The monoisotopic (exact) mass is 350 g/mol. The number of anilines is 1. The van der Waals surface area contributed by atoms with Gasteiger partial charge in [-0.05, 0) is 40.2 Å². The van der Waals surface area contributed by atoms with Crippen molar-refractivity contribution in [3.8, 4) is 11.8 Å². The van der Waals surface area contributed by atoms with Gasteiger partial charge >= 0.3 is 0 Å². The van der Waals surface area contributed by atoms with Crippen molar-refractivity contribution in [2.45, 2.75) is 6.54 Å². The van der Waals surface area contributed by atoms with Gasteiger partial charge in [0.15, 0.2) is 0 Å². The third kappa shape index (κ3) is 3.06. The number of rotatable bonds is 4. The third-order valence-electron chi connectivity index (χ3n) is 2.88.